The molecular weight excluding hydrogens is 391 g/mol. The van der Waals surface area contributed by atoms with Gasteiger partial charge in [-0.2, -0.15) is 0 Å². The molecule has 0 unspecified atom stereocenters. The van der Waals surface area contributed by atoms with E-state index in [9.17, 15) is 12.8 Å². The summed E-state index contributed by atoms with van der Waals surface area (Å²) in [5.41, 5.74) is 1.09. The quantitative estimate of drug-likeness (QED) is 0.475. The van der Waals surface area contributed by atoms with Crippen LogP contribution in [0.15, 0.2) is 58.4 Å². The maximum atomic E-state index is 13.0. The second kappa shape index (κ2) is 9.84. The number of hydrogen-bond donors (Lipinski definition) is 3. The molecule has 0 atom stereocenters. The largest absolute Gasteiger partial charge is 0.356 e. The van der Waals surface area contributed by atoms with E-state index in [0.717, 1.165) is 5.56 Å². The van der Waals surface area contributed by atoms with Crippen LogP contribution in [0.4, 0.5) is 4.39 Å². The average molecular weight is 421 g/mol. The molecule has 0 radical (unpaired) electrons. The number of aliphatic imine (C=N–C) groups is 1. The first-order valence-corrected chi connectivity index (χ1v) is 10.9. The first-order chi connectivity index (χ1) is 13.6. The second-order valence-electron chi connectivity index (χ2n) is 7.69. The van der Waals surface area contributed by atoms with Crippen LogP contribution in [0.25, 0.3) is 0 Å². The van der Waals surface area contributed by atoms with E-state index in [0.29, 0.717) is 31.0 Å². The van der Waals surface area contributed by atoms with Gasteiger partial charge in [-0.3, -0.25) is 4.99 Å². The van der Waals surface area contributed by atoms with Crippen molar-refractivity contribution in [3.8, 4) is 0 Å². The Morgan fingerprint density at radius 1 is 1.03 bits per heavy atom. The number of rotatable bonds is 7. The molecule has 0 bridgehead atoms. The third kappa shape index (κ3) is 7.47. The molecule has 8 heteroatoms. The summed E-state index contributed by atoms with van der Waals surface area (Å²) >= 11 is 0. The minimum absolute atomic E-state index is 0.240. The van der Waals surface area contributed by atoms with Gasteiger partial charge in [-0.05, 0) is 56.5 Å². The average Bonchev–Trinajstić information content (AvgIpc) is 2.64. The summed E-state index contributed by atoms with van der Waals surface area (Å²) in [5.74, 6) is 0.303. The fraction of sp³-hybridized carbons (Fsp3) is 0.381. The Hall–Kier alpha value is -2.45. The van der Waals surface area contributed by atoms with Crippen molar-refractivity contribution in [2.75, 3.05) is 13.6 Å². The van der Waals surface area contributed by atoms with E-state index in [-0.39, 0.29) is 10.7 Å². The third-order valence-electron chi connectivity index (χ3n) is 3.99. The van der Waals surface area contributed by atoms with Crippen molar-refractivity contribution in [3.05, 3.63) is 65.5 Å². The van der Waals surface area contributed by atoms with E-state index in [4.69, 9.17) is 0 Å². The predicted octanol–water partition coefficient (Wildman–Crippen LogP) is 2.81. The Balaban J connectivity index is 1.98. The highest BCUT2D eigenvalue weighted by Crippen LogP contribution is 2.17. The molecule has 0 aliphatic rings. The molecule has 0 heterocycles. The van der Waals surface area contributed by atoms with Crippen molar-refractivity contribution in [1.82, 2.24) is 15.4 Å². The van der Waals surface area contributed by atoms with Crippen molar-refractivity contribution in [3.63, 3.8) is 0 Å². The van der Waals surface area contributed by atoms with E-state index in [2.05, 4.69) is 20.3 Å². The van der Waals surface area contributed by atoms with E-state index in [1.807, 2.05) is 0 Å². The standard InChI is InChI=1S/C21H29FN4O2S/c1-21(2,3)26-29(27,28)19-8-6-5-7-17(19)15-25-20(23-4)24-14-13-16-9-11-18(22)12-10-16/h5-12,26H,13-15H2,1-4H3,(H2,23,24,25). The van der Waals surface area contributed by atoms with Crippen LogP contribution in [-0.2, 0) is 23.0 Å². The monoisotopic (exact) mass is 420 g/mol. The minimum atomic E-state index is -3.64. The van der Waals surface area contributed by atoms with Gasteiger partial charge in [-0.15, -0.1) is 0 Å². The van der Waals surface area contributed by atoms with Gasteiger partial charge in [-0.25, -0.2) is 17.5 Å². The molecule has 2 aromatic carbocycles. The lowest BCUT2D eigenvalue weighted by atomic mass is 10.1. The lowest BCUT2D eigenvalue weighted by Crippen LogP contribution is -2.41. The molecule has 6 nitrogen and oxygen atoms in total. The summed E-state index contributed by atoms with van der Waals surface area (Å²) in [6.07, 6.45) is 0.710. The lowest BCUT2D eigenvalue weighted by molar-refractivity contribution is 0.491. The van der Waals surface area contributed by atoms with Gasteiger partial charge in [0.2, 0.25) is 10.0 Å². The third-order valence-corrected chi connectivity index (χ3v) is 5.85. The minimum Gasteiger partial charge on any atom is -0.356 e. The summed E-state index contributed by atoms with van der Waals surface area (Å²) in [5, 5.41) is 6.32. The van der Waals surface area contributed by atoms with Crippen LogP contribution in [-0.4, -0.2) is 33.5 Å². The summed E-state index contributed by atoms with van der Waals surface area (Å²) < 4.78 is 41.1. The molecule has 0 aromatic heterocycles. The summed E-state index contributed by atoms with van der Waals surface area (Å²) in [6.45, 7) is 6.32. The van der Waals surface area contributed by atoms with Crippen LogP contribution in [0.5, 0.6) is 0 Å². The van der Waals surface area contributed by atoms with E-state index in [1.54, 1.807) is 64.2 Å². The van der Waals surface area contributed by atoms with Crippen LogP contribution in [0.2, 0.25) is 0 Å². The topological polar surface area (TPSA) is 82.6 Å². The van der Waals surface area contributed by atoms with E-state index < -0.39 is 15.6 Å². The molecule has 0 aliphatic carbocycles. The molecule has 0 aliphatic heterocycles. The number of hydrogen-bond acceptors (Lipinski definition) is 3. The Labute approximate surface area is 172 Å². The molecule has 0 saturated carbocycles. The summed E-state index contributed by atoms with van der Waals surface area (Å²) in [6, 6.07) is 13.2. The van der Waals surface area contributed by atoms with Crippen LogP contribution < -0.4 is 15.4 Å². The fourth-order valence-electron chi connectivity index (χ4n) is 2.75. The molecule has 3 N–H and O–H groups in total. The smallest absolute Gasteiger partial charge is 0.241 e. The van der Waals surface area contributed by atoms with Crippen molar-refractivity contribution in [1.29, 1.82) is 0 Å². The normalized spacial score (nSPS) is 12.7. The lowest BCUT2D eigenvalue weighted by Gasteiger charge is -2.22. The number of halogens is 1. The molecule has 0 fully saturated rings. The zero-order valence-electron chi connectivity index (χ0n) is 17.3. The first kappa shape index (κ1) is 22.8. The van der Waals surface area contributed by atoms with E-state index >= 15 is 0 Å². The van der Waals surface area contributed by atoms with Crippen molar-refractivity contribution < 1.29 is 12.8 Å². The highest BCUT2D eigenvalue weighted by Gasteiger charge is 2.24. The SMILES string of the molecule is CN=C(NCCc1ccc(F)cc1)NCc1ccccc1S(=O)(=O)NC(C)(C)C. The van der Waals surface area contributed by atoms with Gasteiger partial charge in [0.1, 0.15) is 5.82 Å². The first-order valence-electron chi connectivity index (χ1n) is 9.41. The van der Waals surface area contributed by atoms with Gasteiger partial charge in [-0.1, -0.05) is 30.3 Å². The molecule has 2 rings (SSSR count). The van der Waals surface area contributed by atoms with Crippen molar-refractivity contribution >= 4 is 16.0 Å². The number of nitrogens with zero attached hydrogens (tertiary/aromatic N) is 1. The van der Waals surface area contributed by atoms with Gasteiger partial charge in [0, 0.05) is 25.7 Å². The Morgan fingerprint density at radius 2 is 1.69 bits per heavy atom. The number of sulfonamides is 1. The van der Waals surface area contributed by atoms with Crippen molar-refractivity contribution in [2.45, 2.75) is 44.2 Å². The van der Waals surface area contributed by atoms with Crippen LogP contribution >= 0.6 is 0 Å². The van der Waals surface area contributed by atoms with Gasteiger partial charge in [0.15, 0.2) is 5.96 Å². The van der Waals surface area contributed by atoms with Gasteiger partial charge in [0.05, 0.1) is 4.90 Å². The summed E-state index contributed by atoms with van der Waals surface area (Å²) in [4.78, 5) is 4.41. The highest BCUT2D eigenvalue weighted by molar-refractivity contribution is 7.89. The molecular formula is C21H29FN4O2S. The van der Waals surface area contributed by atoms with Gasteiger partial charge < -0.3 is 10.6 Å². The molecule has 0 saturated heterocycles. The summed E-state index contributed by atoms with van der Waals surface area (Å²) in [7, 11) is -1.99. The fourth-order valence-corrected chi connectivity index (χ4v) is 4.41. The van der Waals surface area contributed by atoms with Gasteiger partial charge in [0.25, 0.3) is 0 Å². The Morgan fingerprint density at radius 3 is 2.31 bits per heavy atom. The number of benzene rings is 2. The van der Waals surface area contributed by atoms with Crippen LogP contribution in [0.1, 0.15) is 31.9 Å². The molecule has 0 spiro atoms. The highest BCUT2D eigenvalue weighted by atomic mass is 32.2. The number of nitrogens with one attached hydrogen (secondary N) is 3. The molecule has 158 valence electrons. The maximum absolute atomic E-state index is 13.0. The van der Waals surface area contributed by atoms with Gasteiger partial charge >= 0.3 is 0 Å². The molecule has 29 heavy (non-hydrogen) atoms. The zero-order valence-corrected chi connectivity index (χ0v) is 18.1. The molecule has 2 aromatic rings. The number of guanidine groups is 1. The predicted molar refractivity (Wildman–Crippen MR) is 115 cm³/mol. The second-order valence-corrected chi connectivity index (χ2v) is 9.34. The Bertz CT molecular complexity index is 936. The Kier molecular flexibility index (Phi) is 7.75. The zero-order chi connectivity index (χ0) is 21.5. The van der Waals surface area contributed by atoms with Crippen molar-refractivity contribution in [2.24, 2.45) is 4.99 Å². The van der Waals surface area contributed by atoms with Crippen LogP contribution in [0.3, 0.4) is 0 Å². The molecule has 0 amide bonds. The maximum Gasteiger partial charge on any atom is 0.241 e. The van der Waals surface area contributed by atoms with E-state index in [1.165, 1.54) is 12.1 Å². The van der Waals surface area contributed by atoms with Crippen LogP contribution in [0, 0.1) is 5.82 Å².